The molecule has 0 spiro atoms. The minimum absolute atomic E-state index is 0.0939. The van der Waals surface area contributed by atoms with Crippen LogP contribution in [0.5, 0.6) is 11.5 Å². The number of nitrogens with two attached hydrogens (primary N) is 1. The van der Waals surface area contributed by atoms with E-state index in [9.17, 15) is 14.4 Å². The number of carbonyl (C=O) groups is 3. The van der Waals surface area contributed by atoms with Crippen molar-refractivity contribution in [1.29, 1.82) is 0 Å². The molecular formula is C20H22ClN3O5. The van der Waals surface area contributed by atoms with Gasteiger partial charge in [-0.3, -0.25) is 14.4 Å². The van der Waals surface area contributed by atoms with E-state index in [1.165, 1.54) is 19.2 Å². The molecule has 2 aromatic carbocycles. The van der Waals surface area contributed by atoms with Crippen molar-refractivity contribution in [3.8, 4) is 11.5 Å². The van der Waals surface area contributed by atoms with Gasteiger partial charge >= 0.3 is 0 Å². The Labute approximate surface area is 173 Å². The van der Waals surface area contributed by atoms with E-state index < -0.39 is 11.8 Å². The van der Waals surface area contributed by atoms with Gasteiger partial charge in [0.15, 0.2) is 18.1 Å². The number of ether oxygens (including phenoxy) is 2. The molecule has 0 radical (unpaired) electrons. The number of hydrogen-bond donors (Lipinski definition) is 3. The third kappa shape index (κ3) is 5.86. The van der Waals surface area contributed by atoms with E-state index in [-0.39, 0.29) is 34.6 Å². The summed E-state index contributed by atoms with van der Waals surface area (Å²) in [5.74, 6) is -0.937. The molecule has 8 nitrogen and oxygen atoms in total. The number of amides is 3. The van der Waals surface area contributed by atoms with Gasteiger partial charge in [0.2, 0.25) is 5.91 Å². The van der Waals surface area contributed by atoms with Gasteiger partial charge in [-0.25, -0.2) is 0 Å². The number of primary amides is 1. The molecule has 4 N–H and O–H groups in total. The van der Waals surface area contributed by atoms with E-state index >= 15 is 0 Å². The van der Waals surface area contributed by atoms with Crippen LogP contribution in [0.1, 0.15) is 29.3 Å². The van der Waals surface area contributed by atoms with Crippen LogP contribution in [-0.2, 0) is 9.59 Å². The number of anilines is 2. The Morgan fingerprint density at radius 2 is 1.86 bits per heavy atom. The summed E-state index contributed by atoms with van der Waals surface area (Å²) in [4.78, 5) is 35.2. The molecule has 0 atom stereocenters. The topological polar surface area (TPSA) is 120 Å². The molecule has 0 aliphatic carbocycles. The zero-order valence-electron chi connectivity index (χ0n) is 16.3. The van der Waals surface area contributed by atoms with Crippen molar-refractivity contribution in [3.63, 3.8) is 0 Å². The van der Waals surface area contributed by atoms with Crippen LogP contribution < -0.4 is 25.8 Å². The average molecular weight is 420 g/mol. The first-order chi connectivity index (χ1) is 13.7. The number of methoxy groups -OCH3 is 1. The number of rotatable bonds is 8. The molecule has 0 saturated carbocycles. The Balaban J connectivity index is 2.26. The Kier molecular flexibility index (Phi) is 7.44. The van der Waals surface area contributed by atoms with Crippen LogP contribution in [0.2, 0.25) is 5.02 Å². The summed E-state index contributed by atoms with van der Waals surface area (Å²) in [6.45, 7) is 3.20. The predicted molar refractivity (Wildman–Crippen MR) is 111 cm³/mol. The van der Waals surface area contributed by atoms with Gasteiger partial charge < -0.3 is 25.8 Å². The molecule has 0 aromatic heterocycles. The quantitative estimate of drug-likeness (QED) is 0.607. The molecule has 2 rings (SSSR count). The first kappa shape index (κ1) is 22.0. The fraction of sp³-hybridized carbons (Fsp3) is 0.250. The zero-order chi connectivity index (χ0) is 21.6. The van der Waals surface area contributed by atoms with Crippen LogP contribution in [0.25, 0.3) is 0 Å². The summed E-state index contributed by atoms with van der Waals surface area (Å²) >= 11 is 6.19. The van der Waals surface area contributed by atoms with Crippen LogP contribution in [0.4, 0.5) is 11.4 Å². The summed E-state index contributed by atoms with van der Waals surface area (Å²) in [7, 11) is 1.38. The lowest BCUT2D eigenvalue weighted by Gasteiger charge is -2.14. The summed E-state index contributed by atoms with van der Waals surface area (Å²) in [5, 5.41) is 5.63. The normalized spacial score (nSPS) is 10.2. The molecule has 0 unspecified atom stereocenters. The third-order valence-corrected chi connectivity index (χ3v) is 4.22. The van der Waals surface area contributed by atoms with E-state index in [0.29, 0.717) is 17.8 Å². The highest BCUT2D eigenvalue weighted by atomic mass is 35.5. The van der Waals surface area contributed by atoms with Gasteiger partial charge in [0.25, 0.3) is 11.8 Å². The highest BCUT2D eigenvalue weighted by Gasteiger charge is 2.17. The van der Waals surface area contributed by atoms with Crippen molar-refractivity contribution >= 4 is 40.7 Å². The lowest BCUT2D eigenvalue weighted by Crippen LogP contribution is -2.20. The third-order valence-electron chi connectivity index (χ3n) is 3.94. The summed E-state index contributed by atoms with van der Waals surface area (Å²) in [6.07, 6.45) is 0.345. The largest absolute Gasteiger partial charge is 0.493 e. The maximum Gasteiger partial charge on any atom is 0.255 e. The van der Waals surface area contributed by atoms with Crippen molar-refractivity contribution in [2.75, 3.05) is 24.4 Å². The molecule has 0 saturated heterocycles. The first-order valence-electron chi connectivity index (χ1n) is 8.75. The molecule has 0 aliphatic heterocycles. The van der Waals surface area contributed by atoms with Crippen LogP contribution in [0.15, 0.2) is 30.3 Å². The van der Waals surface area contributed by atoms with Crippen molar-refractivity contribution < 1.29 is 23.9 Å². The van der Waals surface area contributed by atoms with Gasteiger partial charge in [-0.15, -0.1) is 0 Å². The smallest absolute Gasteiger partial charge is 0.255 e. The Morgan fingerprint density at radius 3 is 2.48 bits per heavy atom. The standard InChI is InChI=1S/C20H22ClN3O5/c1-4-18(26)23-13-6-5-11(2)15(9-13)24-20(27)12-7-14(21)19(16(8-12)28-3)29-10-17(22)25/h5-9H,4,10H2,1-3H3,(H2,22,25)(H,23,26)(H,24,27). The van der Waals surface area contributed by atoms with E-state index in [4.69, 9.17) is 26.8 Å². The van der Waals surface area contributed by atoms with Crippen molar-refractivity contribution in [2.24, 2.45) is 5.73 Å². The summed E-state index contributed by atoms with van der Waals surface area (Å²) in [5.41, 5.74) is 7.22. The Hall–Kier alpha value is -3.26. The predicted octanol–water partition coefficient (Wildman–Crippen LogP) is 3.12. The van der Waals surface area contributed by atoms with E-state index in [1.807, 2.05) is 6.92 Å². The minimum atomic E-state index is -0.671. The second-order valence-electron chi connectivity index (χ2n) is 6.13. The zero-order valence-corrected chi connectivity index (χ0v) is 17.1. The molecule has 29 heavy (non-hydrogen) atoms. The monoisotopic (exact) mass is 419 g/mol. The van der Waals surface area contributed by atoms with Gasteiger partial charge in [-0.2, -0.15) is 0 Å². The molecule has 0 bridgehead atoms. The maximum absolute atomic E-state index is 12.7. The van der Waals surface area contributed by atoms with Gasteiger partial charge in [0.1, 0.15) is 0 Å². The molecule has 0 fully saturated rings. The van der Waals surface area contributed by atoms with Gasteiger partial charge in [-0.05, 0) is 36.8 Å². The molecular weight excluding hydrogens is 398 g/mol. The molecule has 154 valence electrons. The second-order valence-corrected chi connectivity index (χ2v) is 6.54. The Bertz CT molecular complexity index is 946. The van der Waals surface area contributed by atoms with Crippen molar-refractivity contribution in [3.05, 3.63) is 46.5 Å². The second kappa shape index (κ2) is 9.79. The van der Waals surface area contributed by atoms with Gasteiger partial charge in [0, 0.05) is 23.4 Å². The van der Waals surface area contributed by atoms with Crippen molar-refractivity contribution in [2.45, 2.75) is 20.3 Å². The van der Waals surface area contributed by atoms with Gasteiger partial charge in [0.05, 0.1) is 12.1 Å². The molecule has 3 amide bonds. The summed E-state index contributed by atoms with van der Waals surface area (Å²) in [6, 6.07) is 8.05. The molecule has 0 aliphatic rings. The average Bonchev–Trinajstić information content (AvgIpc) is 2.68. The fourth-order valence-electron chi connectivity index (χ4n) is 2.41. The Morgan fingerprint density at radius 1 is 1.14 bits per heavy atom. The van der Waals surface area contributed by atoms with E-state index in [0.717, 1.165) is 5.56 Å². The highest BCUT2D eigenvalue weighted by molar-refractivity contribution is 6.32. The molecule has 0 heterocycles. The maximum atomic E-state index is 12.7. The molecule has 9 heteroatoms. The number of hydrogen-bond acceptors (Lipinski definition) is 5. The first-order valence-corrected chi connectivity index (χ1v) is 9.13. The highest BCUT2D eigenvalue weighted by Crippen LogP contribution is 2.36. The lowest BCUT2D eigenvalue weighted by molar-refractivity contribution is -0.120. The number of nitrogens with one attached hydrogen (secondary N) is 2. The van der Waals surface area contributed by atoms with Crippen LogP contribution in [-0.4, -0.2) is 31.4 Å². The van der Waals surface area contributed by atoms with Gasteiger partial charge in [-0.1, -0.05) is 24.6 Å². The number of aryl methyl sites for hydroxylation is 1. The fourth-order valence-corrected chi connectivity index (χ4v) is 2.68. The van der Waals surface area contributed by atoms with Crippen LogP contribution in [0.3, 0.4) is 0 Å². The lowest BCUT2D eigenvalue weighted by atomic mass is 10.1. The van der Waals surface area contributed by atoms with E-state index in [1.54, 1.807) is 25.1 Å². The molecule has 2 aromatic rings. The number of benzene rings is 2. The number of carbonyl (C=O) groups excluding carboxylic acids is 3. The van der Waals surface area contributed by atoms with Crippen LogP contribution >= 0.6 is 11.6 Å². The minimum Gasteiger partial charge on any atom is -0.493 e. The van der Waals surface area contributed by atoms with Crippen molar-refractivity contribution in [1.82, 2.24) is 0 Å². The van der Waals surface area contributed by atoms with E-state index in [2.05, 4.69) is 10.6 Å². The van der Waals surface area contributed by atoms with Crippen LogP contribution in [0, 0.1) is 6.92 Å². The SMILES string of the molecule is CCC(=O)Nc1ccc(C)c(NC(=O)c2cc(Cl)c(OCC(N)=O)c(OC)c2)c1. The summed E-state index contributed by atoms with van der Waals surface area (Å²) < 4.78 is 10.5. The number of halogens is 1.